The van der Waals surface area contributed by atoms with Crippen molar-refractivity contribution in [1.29, 1.82) is 0 Å². The Morgan fingerprint density at radius 2 is 2.08 bits per heavy atom. The first kappa shape index (κ1) is 8.23. The van der Waals surface area contributed by atoms with Gasteiger partial charge in [-0.1, -0.05) is 6.07 Å². The Bertz CT molecular complexity index is 356. The van der Waals surface area contributed by atoms with Crippen LogP contribution in [0.3, 0.4) is 0 Å². The summed E-state index contributed by atoms with van der Waals surface area (Å²) in [6, 6.07) is 5.10. The molecule has 3 heteroatoms. The first-order valence-electron chi connectivity index (χ1n) is 4.28. The van der Waals surface area contributed by atoms with Crippen LogP contribution in [0.25, 0.3) is 0 Å². The number of nitrogens with zero attached hydrogens (tertiary/aromatic N) is 1. The summed E-state index contributed by atoms with van der Waals surface area (Å²) in [4.78, 5) is 10.2. The van der Waals surface area contributed by atoms with Crippen LogP contribution < -0.4 is 0 Å². The van der Waals surface area contributed by atoms with Crippen molar-refractivity contribution in [2.24, 2.45) is 0 Å². The van der Waals surface area contributed by atoms with E-state index in [1.54, 1.807) is 6.07 Å². The van der Waals surface area contributed by atoms with Gasteiger partial charge in [0.05, 0.1) is 4.92 Å². The van der Waals surface area contributed by atoms with Crippen LogP contribution in [0, 0.1) is 17.0 Å². The molecular formula is C10H10NO2. The van der Waals surface area contributed by atoms with Crippen molar-refractivity contribution in [1.82, 2.24) is 0 Å². The van der Waals surface area contributed by atoms with E-state index in [0.29, 0.717) is 5.92 Å². The number of rotatable bonds is 2. The van der Waals surface area contributed by atoms with Gasteiger partial charge < -0.3 is 0 Å². The second kappa shape index (κ2) is 2.83. The van der Waals surface area contributed by atoms with E-state index in [-0.39, 0.29) is 10.6 Å². The molecule has 1 aromatic carbocycles. The molecule has 0 atom stereocenters. The third-order valence-electron chi connectivity index (χ3n) is 2.26. The zero-order valence-electron chi connectivity index (χ0n) is 7.19. The molecule has 0 spiro atoms. The Balaban J connectivity index is 2.41. The molecular weight excluding hydrogens is 166 g/mol. The lowest BCUT2D eigenvalue weighted by Crippen LogP contribution is -1.91. The summed E-state index contributed by atoms with van der Waals surface area (Å²) in [6.07, 6.45) is 2.31. The monoisotopic (exact) mass is 176 g/mol. The van der Waals surface area contributed by atoms with Crippen molar-refractivity contribution in [3.8, 4) is 0 Å². The van der Waals surface area contributed by atoms with Gasteiger partial charge in [0.15, 0.2) is 0 Å². The molecule has 0 N–H and O–H groups in total. The Morgan fingerprint density at radius 3 is 2.62 bits per heavy atom. The van der Waals surface area contributed by atoms with Crippen molar-refractivity contribution >= 4 is 5.69 Å². The minimum absolute atomic E-state index is 0.161. The van der Waals surface area contributed by atoms with Crippen LogP contribution in [-0.2, 0) is 0 Å². The summed E-state index contributed by atoms with van der Waals surface area (Å²) in [7, 11) is 0. The average Bonchev–Trinajstić information content (AvgIpc) is 2.85. The highest BCUT2D eigenvalue weighted by Gasteiger charge is 2.25. The number of non-ortho nitro benzene ring substituents is 1. The molecule has 1 aliphatic rings. The number of nitro benzene ring substituents is 1. The van der Waals surface area contributed by atoms with Gasteiger partial charge in [-0.25, -0.2) is 0 Å². The smallest absolute Gasteiger partial charge is 0.258 e. The second-order valence-electron chi connectivity index (χ2n) is 3.46. The fourth-order valence-corrected chi connectivity index (χ4v) is 1.46. The van der Waals surface area contributed by atoms with E-state index in [1.165, 1.54) is 6.07 Å². The van der Waals surface area contributed by atoms with Gasteiger partial charge in [0.25, 0.3) is 5.69 Å². The minimum atomic E-state index is -0.361. The Morgan fingerprint density at radius 1 is 1.38 bits per heavy atom. The Hall–Kier alpha value is -1.38. The molecule has 67 valence electrons. The molecule has 0 saturated heterocycles. The topological polar surface area (TPSA) is 43.1 Å². The second-order valence-corrected chi connectivity index (χ2v) is 3.46. The number of hydrogen-bond donors (Lipinski definition) is 0. The van der Waals surface area contributed by atoms with Crippen LogP contribution in [0.4, 0.5) is 5.69 Å². The largest absolute Gasteiger partial charge is 0.269 e. The van der Waals surface area contributed by atoms with Gasteiger partial charge in [0.2, 0.25) is 0 Å². The summed E-state index contributed by atoms with van der Waals surface area (Å²) in [5.41, 5.74) is 1.96. The maximum Gasteiger partial charge on any atom is 0.269 e. The molecule has 1 fully saturated rings. The maximum absolute atomic E-state index is 10.5. The lowest BCUT2D eigenvalue weighted by atomic mass is 10.1. The zero-order valence-corrected chi connectivity index (χ0v) is 7.19. The van der Waals surface area contributed by atoms with Crippen molar-refractivity contribution in [2.75, 3.05) is 0 Å². The van der Waals surface area contributed by atoms with Crippen LogP contribution in [0.2, 0.25) is 0 Å². The van der Waals surface area contributed by atoms with Crippen LogP contribution in [0.15, 0.2) is 18.2 Å². The molecule has 13 heavy (non-hydrogen) atoms. The van der Waals surface area contributed by atoms with Gasteiger partial charge in [0.1, 0.15) is 0 Å². The molecule has 0 aromatic heterocycles. The molecule has 1 radical (unpaired) electrons. The number of benzene rings is 1. The van der Waals surface area contributed by atoms with Gasteiger partial charge in [-0.05, 0) is 36.8 Å². The van der Waals surface area contributed by atoms with Crippen LogP contribution in [0.5, 0.6) is 0 Å². The molecule has 1 aliphatic carbocycles. The van der Waals surface area contributed by atoms with E-state index >= 15 is 0 Å². The van der Waals surface area contributed by atoms with E-state index in [1.807, 2.05) is 6.07 Å². The Labute approximate surface area is 76.5 Å². The molecule has 0 heterocycles. The van der Waals surface area contributed by atoms with E-state index in [4.69, 9.17) is 0 Å². The standard InChI is InChI=1S/C10H10NO2/c1-7-4-9(8-2-3-8)6-10(5-7)11(12)13/h4-6,8H,1-3H2. The fourth-order valence-electron chi connectivity index (χ4n) is 1.46. The quantitative estimate of drug-likeness (QED) is 0.513. The molecule has 3 nitrogen and oxygen atoms in total. The molecule has 1 aromatic rings. The third-order valence-corrected chi connectivity index (χ3v) is 2.26. The van der Waals surface area contributed by atoms with Crippen molar-refractivity contribution in [2.45, 2.75) is 18.8 Å². The molecule has 0 amide bonds. The van der Waals surface area contributed by atoms with Gasteiger partial charge in [-0.2, -0.15) is 0 Å². The number of nitro groups is 1. The van der Waals surface area contributed by atoms with E-state index < -0.39 is 0 Å². The first-order valence-corrected chi connectivity index (χ1v) is 4.28. The van der Waals surface area contributed by atoms with Gasteiger partial charge in [-0.15, -0.1) is 0 Å². The number of hydrogen-bond acceptors (Lipinski definition) is 2. The average molecular weight is 176 g/mol. The van der Waals surface area contributed by atoms with Gasteiger partial charge in [-0.3, -0.25) is 10.1 Å². The van der Waals surface area contributed by atoms with E-state index in [2.05, 4.69) is 6.92 Å². The lowest BCUT2D eigenvalue weighted by Gasteiger charge is -1.99. The fraction of sp³-hybridized carbons (Fsp3) is 0.300. The summed E-state index contributed by atoms with van der Waals surface area (Å²) < 4.78 is 0. The highest BCUT2D eigenvalue weighted by Crippen LogP contribution is 2.41. The van der Waals surface area contributed by atoms with Gasteiger partial charge in [0, 0.05) is 12.1 Å². The molecule has 0 bridgehead atoms. The van der Waals surface area contributed by atoms with E-state index in [0.717, 1.165) is 24.0 Å². The van der Waals surface area contributed by atoms with E-state index in [9.17, 15) is 10.1 Å². The molecule has 0 aliphatic heterocycles. The summed E-state index contributed by atoms with van der Waals surface area (Å²) in [5, 5.41) is 10.5. The summed E-state index contributed by atoms with van der Waals surface area (Å²) in [6.45, 7) is 3.73. The lowest BCUT2D eigenvalue weighted by molar-refractivity contribution is -0.384. The maximum atomic E-state index is 10.5. The van der Waals surface area contributed by atoms with Crippen molar-refractivity contribution in [3.05, 3.63) is 46.4 Å². The molecule has 1 saturated carbocycles. The van der Waals surface area contributed by atoms with Crippen molar-refractivity contribution < 1.29 is 4.92 Å². The van der Waals surface area contributed by atoms with Crippen LogP contribution >= 0.6 is 0 Å². The SMILES string of the molecule is [CH2]c1cc(C2CC2)cc([N+](=O)[O-])c1. The Kier molecular flexibility index (Phi) is 1.79. The predicted octanol–water partition coefficient (Wildman–Crippen LogP) is 2.65. The summed E-state index contributed by atoms with van der Waals surface area (Å²) >= 11 is 0. The van der Waals surface area contributed by atoms with Crippen LogP contribution in [0.1, 0.15) is 29.9 Å². The molecule has 0 unspecified atom stereocenters. The van der Waals surface area contributed by atoms with Gasteiger partial charge >= 0.3 is 0 Å². The highest BCUT2D eigenvalue weighted by molar-refractivity contribution is 5.42. The van der Waals surface area contributed by atoms with Crippen LogP contribution in [-0.4, -0.2) is 4.92 Å². The zero-order chi connectivity index (χ0) is 9.42. The summed E-state index contributed by atoms with van der Waals surface area (Å²) in [5.74, 6) is 0.542. The highest BCUT2D eigenvalue weighted by atomic mass is 16.6. The molecule has 2 rings (SSSR count). The normalized spacial score (nSPS) is 15.8. The van der Waals surface area contributed by atoms with Crippen molar-refractivity contribution in [3.63, 3.8) is 0 Å². The first-order chi connectivity index (χ1) is 6.16. The third kappa shape index (κ3) is 1.69. The minimum Gasteiger partial charge on any atom is -0.258 e. The predicted molar refractivity (Wildman–Crippen MR) is 49.5 cm³/mol.